The van der Waals surface area contributed by atoms with Crippen molar-refractivity contribution >= 4 is 17.6 Å². The average molecular weight is 188 g/mol. The zero-order valence-electron chi connectivity index (χ0n) is 6.01. The van der Waals surface area contributed by atoms with E-state index >= 15 is 0 Å². The number of carboxylic acid groups (broad SMARTS) is 1. The summed E-state index contributed by atoms with van der Waals surface area (Å²) in [6.07, 6.45) is -0.364. The van der Waals surface area contributed by atoms with Gasteiger partial charge in [0.25, 0.3) is 0 Å². The van der Waals surface area contributed by atoms with Gasteiger partial charge in [0.2, 0.25) is 0 Å². The minimum atomic E-state index is -1.28. The highest BCUT2D eigenvalue weighted by molar-refractivity contribution is 6.31. The zero-order chi connectivity index (χ0) is 9.14. The Bertz CT molecular complexity index is 312. The van der Waals surface area contributed by atoms with Crippen LogP contribution in [0, 0.1) is 5.82 Å². The highest BCUT2D eigenvalue weighted by Crippen LogP contribution is 2.16. The first kappa shape index (κ1) is 9.00. The summed E-state index contributed by atoms with van der Waals surface area (Å²) in [5, 5.41) is 10.4. The second kappa shape index (κ2) is 3.54. The minimum Gasteiger partial charge on any atom is -0.550 e. The van der Waals surface area contributed by atoms with Crippen LogP contribution in [0.3, 0.4) is 0 Å². The van der Waals surface area contributed by atoms with Crippen LogP contribution in [-0.4, -0.2) is 5.97 Å². The second-order valence-corrected chi connectivity index (χ2v) is 2.69. The van der Waals surface area contributed by atoms with E-state index in [0.29, 0.717) is 0 Å². The summed E-state index contributed by atoms with van der Waals surface area (Å²) in [6.45, 7) is 0. The summed E-state index contributed by atoms with van der Waals surface area (Å²) in [5.41, 5.74) is 0.233. The number of rotatable bonds is 2. The SMILES string of the molecule is O=C([O-])Cc1cc(F)ccc1Cl. The van der Waals surface area contributed by atoms with E-state index in [4.69, 9.17) is 11.6 Å². The third-order valence-corrected chi connectivity index (χ3v) is 1.71. The van der Waals surface area contributed by atoms with E-state index in [2.05, 4.69) is 0 Å². The lowest BCUT2D eigenvalue weighted by atomic mass is 10.1. The molecule has 0 saturated heterocycles. The molecule has 0 aliphatic heterocycles. The molecule has 0 bridgehead atoms. The summed E-state index contributed by atoms with van der Waals surface area (Å²) in [4.78, 5) is 10.1. The molecule has 0 amide bonds. The van der Waals surface area contributed by atoms with E-state index in [1.54, 1.807) is 0 Å². The molecule has 1 aromatic carbocycles. The lowest BCUT2D eigenvalue weighted by molar-refractivity contribution is -0.304. The van der Waals surface area contributed by atoms with Crippen molar-refractivity contribution < 1.29 is 14.3 Å². The van der Waals surface area contributed by atoms with Gasteiger partial charge in [-0.25, -0.2) is 4.39 Å². The van der Waals surface area contributed by atoms with E-state index in [1.165, 1.54) is 12.1 Å². The summed E-state index contributed by atoms with van der Waals surface area (Å²) in [5.74, 6) is -1.78. The molecule has 0 unspecified atom stereocenters. The normalized spacial score (nSPS) is 9.83. The Morgan fingerprint density at radius 1 is 1.58 bits per heavy atom. The largest absolute Gasteiger partial charge is 0.550 e. The van der Waals surface area contributed by atoms with E-state index in [9.17, 15) is 14.3 Å². The van der Waals surface area contributed by atoms with E-state index < -0.39 is 11.8 Å². The summed E-state index contributed by atoms with van der Waals surface area (Å²) >= 11 is 5.58. The molecule has 0 aliphatic carbocycles. The standard InChI is InChI=1S/C8H6ClFO2/c9-7-2-1-6(10)3-5(7)4-8(11)12/h1-3H,4H2,(H,11,12)/p-1. The molecule has 0 saturated carbocycles. The first-order chi connectivity index (χ1) is 5.59. The Kier molecular flexibility index (Phi) is 2.65. The van der Waals surface area contributed by atoms with Gasteiger partial charge < -0.3 is 9.90 Å². The Morgan fingerprint density at radius 2 is 2.25 bits per heavy atom. The Morgan fingerprint density at radius 3 is 2.83 bits per heavy atom. The summed E-state index contributed by atoms with van der Waals surface area (Å²) < 4.78 is 12.5. The number of carbonyl (C=O) groups is 1. The van der Waals surface area contributed by atoms with Crippen LogP contribution >= 0.6 is 11.6 Å². The molecule has 0 heterocycles. The molecule has 0 radical (unpaired) electrons. The van der Waals surface area contributed by atoms with Crippen LogP contribution in [0.1, 0.15) is 5.56 Å². The minimum absolute atomic E-state index is 0.233. The fourth-order valence-electron chi connectivity index (χ4n) is 0.834. The maximum atomic E-state index is 12.5. The van der Waals surface area contributed by atoms with Crippen molar-refractivity contribution in [1.82, 2.24) is 0 Å². The van der Waals surface area contributed by atoms with Crippen LogP contribution in [-0.2, 0) is 11.2 Å². The van der Waals surface area contributed by atoms with Gasteiger partial charge in [-0.05, 0) is 23.8 Å². The van der Waals surface area contributed by atoms with Crippen molar-refractivity contribution in [3.05, 3.63) is 34.6 Å². The van der Waals surface area contributed by atoms with Crippen LogP contribution in [0.4, 0.5) is 4.39 Å². The number of aliphatic carboxylic acids is 1. The topological polar surface area (TPSA) is 40.1 Å². The maximum Gasteiger partial charge on any atom is 0.123 e. The third kappa shape index (κ3) is 2.20. The van der Waals surface area contributed by atoms with Crippen molar-refractivity contribution in [2.75, 3.05) is 0 Å². The van der Waals surface area contributed by atoms with E-state index in [0.717, 1.165) is 6.07 Å². The highest BCUT2D eigenvalue weighted by atomic mass is 35.5. The number of carboxylic acids is 1. The predicted octanol–water partition coefficient (Wildman–Crippen LogP) is 0.771. The molecule has 0 fully saturated rings. The van der Waals surface area contributed by atoms with Crippen LogP contribution in [0.2, 0.25) is 5.02 Å². The van der Waals surface area contributed by atoms with Crippen LogP contribution < -0.4 is 5.11 Å². The van der Waals surface area contributed by atoms with Crippen LogP contribution in [0.15, 0.2) is 18.2 Å². The van der Waals surface area contributed by atoms with Gasteiger partial charge in [0.05, 0.1) is 0 Å². The molecular formula is C8H5ClFO2-. The number of carbonyl (C=O) groups excluding carboxylic acids is 1. The third-order valence-electron chi connectivity index (χ3n) is 1.34. The predicted molar refractivity (Wildman–Crippen MR) is 40.1 cm³/mol. The molecule has 0 aromatic heterocycles. The molecular weight excluding hydrogens is 183 g/mol. The van der Waals surface area contributed by atoms with Crippen molar-refractivity contribution in [3.8, 4) is 0 Å². The fourth-order valence-corrected chi connectivity index (χ4v) is 1.02. The smallest absolute Gasteiger partial charge is 0.123 e. The summed E-state index contributed by atoms with van der Waals surface area (Å²) in [7, 11) is 0. The molecule has 0 atom stereocenters. The molecule has 0 N–H and O–H groups in total. The van der Waals surface area contributed by atoms with Gasteiger partial charge in [0, 0.05) is 17.4 Å². The molecule has 1 aromatic rings. The van der Waals surface area contributed by atoms with Gasteiger partial charge in [0.1, 0.15) is 5.82 Å². The molecule has 0 spiro atoms. The monoisotopic (exact) mass is 187 g/mol. The summed E-state index contributed by atoms with van der Waals surface area (Å²) in [6, 6.07) is 3.56. The number of hydrogen-bond donors (Lipinski definition) is 0. The Hall–Kier alpha value is -1.09. The molecule has 2 nitrogen and oxygen atoms in total. The van der Waals surface area contributed by atoms with Gasteiger partial charge >= 0.3 is 0 Å². The van der Waals surface area contributed by atoms with E-state index in [-0.39, 0.29) is 17.0 Å². The number of hydrogen-bond acceptors (Lipinski definition) is 2. The average Bonchev–Trinajstić information content (AvgIpc) is 1.96. The van der Waals surface area contributed by atoms with Crippen molar-refractivity contribution in [3.63, 3.8) is 0 Å². The first-order valence-corrected chi connectivity index (χ1v) is 3.61. The van der Waals surface area contributed by atoms with Crippen molar-refractivity contribution in [1.29, 1.82) is 0 Å². The maximum absolute atomic E-state index is 12.5. The highest BCUT2D eigenvalue weighted by Gasteiger charge is 2.01. The van der Waals surface area contributed by atoms with Crippen molar-refractivity contribution in [2.45, 2.75) is 6.42 Å². The van der Waals surface area contributed by atoms with Gasteiger partial charge in [-0.1, -0.05) is 11.6 Å². The van der Waals surface area contributed by atoms with Gasteiger partial charge in [0.15, 0.2) is 0 Å². The van der Waals surface area contributed by atoms with E-state index in [1.807, 2.05) is 0 Å². The quantitative estimate of drug-likeness (QED) is 0.686. The van der Waals surface area contributed by atoms with Crippen LogP contribution in [0.25, 0.3) is 0 Å². The Labute approximate surface area is 73.6 Å². The lowest BCUT2D eigenvalue weighted by Gasteiger charge is -2.04. The fraction of sp³-hybridized carbons (Fsp3) is 0.125. The molecule has 4 heteroatoms. The van der Waals surface area contributed by atoms with Gasteiger partial charge in [-0.3, -0.25) is 0 Å². The molecule has 12 heavy (non-hydrogen) atoms. The molecule has 1 rings (SSSR count). The lowest BCUT2D eigenvalue weighted by Crippen LogP contribution is -2.24. The number of halogens is 2. The second-order valence-electron chi connectivity index (χ2n) is 2.28. The van der Waals surface area contributed by atoms with Crippen LogP contribution in [0.5, 0.6) is 0 Å². The number of benzene rings is 1. The Balaban J connectivity index is 2.97. The molecule has 0 aliphatic rings. The first-order valence-electron chi connectivity index (χ1n) is 3.23. The molecule has 64 valence electrons. The zero-order valence-corrected chi connectivity index (χ0v) is 6.77. The van der Waals surface area contributed by atoms with Crippen molar-refractivity contribution in [2.24, 2.45) is 0 Å². The van der Waals surface area contributed by atoms with Gasteiger partial charge in [-0.2, -0.15) is 0 Å². The van der Waals surface area contributed by atoms with Gasteiger partial charge in [-0.15, -0.1) is 0 Å².